The molecule has 14 heteroatoms. The summed E-state index contributed by atoms with van der Waals surface area (Å²) in [5.74, 6) is -0.742. The largest absolute Gasteiger partial charge is 0.465 e. The van der Waals surface area contributed by atoms with E-state index in [1.165, 1.54) is 47.5 Å². The van der Waals surface area contributed by atoms with Crippen LogP contribution in [0.5, 0.6) is 0 Å². The van der Waals surface area contributed by atoms with Crippen molar-refractivity contribution in [2.75, 3.05) is 12.4 Å². The number of fused-ring (bicyclic) bond motifs is 1. The van der Waals surface area contributed by atoms with Crippen molar-refractivity contribution in [1.29, 1.82) is 0 Å². The molecule has 0 spiro atoms. The molecule has 5 heterocycles. The Hall–Kier alpha value is -4.43. The van der Waals surface area contributed by atoms with Gasteiger partial charge in [-0.05, 0) is 23.6 Å². The van der Waals surface area contributed by atoms with Crippen molar-refractivity contribution in [3.63, 3.8) is 0 Å². The molecule has 0 saturated heterocycles. The fourth-order valence-corrected chi connectivity index (χ4v) is 4.48. The number of nitrogens with zero attached hydrogens (tertiary/aromatic N) is 6. The van der Waals surface area contributed by atoms with E-state index < -0.39 is 16.8 Å². The summed E-state index contributed by atoms with van der Waals surface area (Å²) in [6, 6.07) is 6.07. The first-order valence-electron chi connectivity index (χ1n) is 9.55. The number of nitro groups is 1. The Morgan fingerprint density at radius 2 is 2.06 bits per heavy atom. The summed E-state index contributed by atoms with van der Waals surface area (Å²) in [6.07, 6.45) is 4.62. The molecular formula is C20H13N7O5S2. The fraction of sp³-hybridized carbons (Fsp3) is 0.0500. The van der Waals surface area contributed by atoms with Gasteiger partial charge in [0, 0.05) is 23.8 Å². The molecule has 0 atom stereocenters. The van der Waals surface area contributed by atoms with Crippen LogP contribution in [-0.2, 0) is 4.74 Å². The molecule has 5 aromatic rings. The monoisotopic (exact) mass is 495 g/mol. The zero-order chi connectivity index (χ0) is 23.8. The maximum absolute atomic E-state index is 12.8. The van der Waals surface area contributed by atoms with Crippen LogP contribution >= 0.6 is 22.7 Å². The van der Waals surface area contributed by atoms with Crippen molar-refractivity contribution >= 4 is 56.4 Å². The Morgan fingerprint density at radius 3 is 2.76 bits per heavy atom. The van der Waals surface area contributed by atoms with Crippen LogP contribution in [-0.4, -0.2) is 48.2 Å². The quantitative estimate of drug-likeness (QED) is 0.213. The number of hydrogen-bond acceptors (Lipinski definition) is 10. The maximum atomic E-state index is 12.8. The van der Waals surface area contributed by atoms with Crippen LogP contribution in [0, 0.1) is 10.1 Å². The number of hydrogen-bond donors (Lipinski definition) is 1. The van der Waals surface area contributed by atoms with Gasteiger partial charge in [-0.25, -0.2) is 9.48 Å². The second-order valence-corrected chi connectivity index (χ2v) is 8.64. The van der Waals surface area contributed by atoms with E-state index in [0.717, 1.165) is 17.0 Å². The lowest BCUT2D eigenvalue weighted by atomic mass is 10.3. The summed E-state index contributed by atoms with van der Waals surface area (Å²) in [4.78, 5) is 44.3. The second kappa shape index (κ2) is 8.49. The molecule has 0 bridgehead atoms. The van der Waals surface area contributed by atoms with Crippen LogP contribution in [0.3, 0.4) is 0 Å². The topological polar surface area (TPSA) is 147 Å². The van der Waals surface area contributed by atoms with Gasteiger partial charge in [0.2, 0.25) is 5.95 Å². The van der Waals surface area contributed by atoms with Gasteiger partial charge in [-0.2, -0.15) is 26.4 Å². The molecule has 0 aliphatic rings. The van der Waals surface area contributed by atoms with Crippen LogP contribution in [0.4, 0.5) is 10.8 Å². The third-order valence-corrected chi connectivity index (χ3v) is 6.45. The zero-order valence-corrected chi connectivity index (χ0v) is 18.9. The van der Waals surface area contributed by atoms with Gasteiger partial charge in [0.05, 0.1) is 39.7 Å². The van der Waals surface area contributed by atoms with Gasteiger partial charge in [-0.15, -0.1) is 0 Å². The number of carbonyl (C=O) groups is 2. The second-order valence-electron chi connectivity index (χ2n) is 6.80. The standard InChI is InChI=1S/C20H13N7O5S2/c1-32-19(29)11-4-6-25(9-11)20-23-16(22-18(28)14-2-3-15(34-14)27(30)31)13-8-21-26(17(13)24-20)12-5-7-33-10-12/h2-10H,1H3,(H,22,23,24,28). The molecule has 0 radical (unpaired) electrons. The van der Waals surface area contributed by atoms with Gasteiger partial charge in [0.15, 0.2) is 5.65 Å². The molecule has 0 unspecified atom stereocenters. The van der Waals surface area contributed by atoms with E-state index in [9.17, 15) is 19.7 Å². The fourth-order valence-electron chi connectivity index (χ4n) is 3.15. The molecule has 0 aliphatic carbocycles. The number of nitrogens with one attached hydrogen (secondary N) is 1. The van der Waals surface area contributed by atoms with Crippen LogP contribution in [0.15, 0.2) is 53.6 Å². The summed E-state index contributed by atoms with van der Waals surface area (Å²) in [7, 11) is 1.28. The number of ether oxygens (including phenoxy) is 1. The van der Waals surface area contributed by atoms with Crippen LogP contribution in [0.2, 0.25) is 0 Å². The average Bonchev–Trinajstić information content (AvgIpc) is 3.62. The first-order valence-corrected chi connectivity index (χ1v) is 11.3. The van der Waals surface area contributed by atoms with Gasteiger partial charge >= 0.3 is 11.0 Å². The lowest BCUT2D eigenvalue weighted by Crippen LogP contribution is -2.14. The molecule has 1 N–H and O–H groups in total. The molecule has 170 valence electrons. The molecule has 5 aromatic heterocycles. The molecule has 0 fully saturated rings. The van der Waals surface area contributed by atoms with E-state index >= 15 is 0 Å². The number of rotatable bonds is 6. The molecule has 12 nitrogen and oxygen atoms in total. The van der Waals surface area contributed by atoms with E-state index in [1.807, 2.05) is 16.8 Å². The van der Waals surface area contributed by atoms with Crippen molar-refractivity contribution in [1.82, 2.24) is 24.3 Å². The van der Waals surface area contributed by atoms with Gasteiger partial charge < -0.3 is 10.1 Å². The third-order valence-electron chi connectivity index (χ3n) is 4.74. The van der Waals surface area contributed by atoms with Gasteiger partial charge in [0.1, 0.15) is 5.82 Å². The lowest BCUT2D eigenvalue weighted by Gasteiger charge is -2.09. The van der Waals surface area contributed by atoms with Crippen molar-refractivity contribution in [2.45, 2.75) is 0 Å². The molecule has 0 aromatic carbocycles. The minimum Gasteiger partial charge on any atom is -0.465 e. The first-order chi connectivity index (χ1) is 16.4. The Morgan fingerprint density at radius 1 is 1.21 bits per heavy atom. The number of esters is 1. The smallest absolute Gasteiger partial charge is 0.339 e. The third kappa shape index (κ3) is 3.80. The summed E-state index contributed by atoms with van der Waals surface area (Å²) in [5.41, 5.74) is 1.50. The molecule has 34 heavy (non-hydrogen) atoms. The Labute approximate surface area is 198 Å². The van der Waals surface area contributed by atoms with Crippen LogP contribution < -0.4 is 5.32 Å². The van der Waals surface area contributed by atoms with E-state index in [1.54, 1.807) is 16.9 Å². The Balaban J connectivity index is 1.61. The molecule has 0 aliphatic heterocycles. The number of carbonyl (C=O) groups excluding carboxylic acids is 2. The highest BCUT2D eigenvalue weighted by atomic mass is 32.1. The SMILES string of the molecule is COC(=O)c1ccn(-c2nc(NC(=O)c3ccc([N+](=O)[O-])s3)c3cnn(-c4ccsc4)c3n2)c1. The van der Waals surface area contributed by atoms with Crippen molar-refractivity contribution < 1.29 is 19.2 Å². The van der Waals surface area contributed by atoms with Gasteiger partial charge in [0.25, 0.3) is 5.91 Å². The maximum Gasteiger partial charge on any atom is 0.339 e. The van der Waals surface area contributed by atoms with Crippen molar-refractivity contribution in [3.05, 3.63) is 74.2 Å². The predicted molar refractivity (Wildman–Crippen MR) is 124 cm³/mol. The highest BCUT2D eigenvalue weighted by Crippen LogP contribution is 2.28. The van der Waals surface area contributed by atoms with Crippen LogP contribution in [0.25, 0.3) is 22.7 Å². The summed E-state index contributed by atoms with van der Waals surface area (Å²) < 4.78 is 7.87. The van der Waals surface area contributed by atoms with Crippen molar-refractivity contribution in [2.24, 2.45) is 0 Å². The van der Waals surface area contributed by atoms with E-state index in [-0.39, 0.29) is 21.6 Å². The van der Waals surface area contributed by atoms with E-state index in [4.69, 9.17) is 4.74 Å². The normalized spacial score (nSPS) is 11.0. The first kappa shape index (κ1) is 21.4. The molecule has 1 amide bonds. The summed E-state index contributed by atoms with van der Waals surface area (Å²) in [6.45, 7) is 0. The molecule has 5 rings (SSSR count). The molecular weight excluding hydrogens is 482 g/mol. The number of methoxy groups -OCH3 is 1. The van der Waals surface area contributed by atoms with Gasteiger partial charge in [-0.1, -0.05) is 11.3 Å². The Kier molecular flexibility index (Phi) is 5.35. The van der Waals surface area contributed by atoms with E-state index in [0.29, 0.717) is 16.6 Å². The highest BCUT2D eigenvalue weighted by Gasteiger charge is 2.20. The number of thiophene rings is 2. The molecule has 0 saturated carbocycles. The minimum absolute atomic E-state index is 0.147. The van der Waals surface area contributed by atoms with Gasteiger partial charge in [-0.3, -0.25) is 19.5 Å². The minimum atomic E-state index is -0.560. The summed E-state index contributed by atoms with van der Waals surface area (Å²) in [5, 5.41) is 22.2. The highest BCUT2D eigenvalue weighted by molar-refractivity contribution is 7.17. The average molecular weight is 496 g/mol. The zero-order valence-electron chi connectivity index (χ0n) is 17.2. The van der Waals surface area contributed by atoms with Crippen molar-refractivity contribution in [3.8, 4) is 11.6 Å². The predicted octanol–water partition coefficient (Wildman–Crippen LogP) is 3.68. The summed E-state index contributed by atoms with van der Waals surface area (Å²) >= 11 is 2.24. The number of anilines is 1. The Bertz CT molecular complexity index is 1550. The number of amides is 1. The van der Waals surface area contributed by atoms with Crippen LogP contribution in [0.1, 0.15) is 20.0 Å². The number of aromatic nitrogens is 5. The lowest BCUT2D eigenvalue weighted by molar-refractivity contribution is -0.380. The van der Waals surface area contributed by atoms with E-state index in [2.05, 4.69) is 20.4 Å².